The van der Waals surface area contributed by atoms with Crippen molar-refractivity contribution in [1.29, 1.82) is 5.26 Å². The fourth-order valence-electron chi connectivity index (χ4n) is 2.73. The van der Waals surface area contributed by atoms with Gasteiger partial charge in [0.1, 0.15) is 5.75 Å². The van der Waals surface area contributed by atoms with Gasteiger partial charge in [-0.25, -0.2) is 0 Å². The molecule has 30 heavy (non-hydrogen) atoms. The molecule has 0 spiro atoms. The zero-order valence-electron chi connectivity index (χ0n) is 17.1. The molecule has 0 heterocycles. The van der Waals surface area contributed by atoms with Crippen molar-refractivity contribution >= 4 is 0 Å². The lowest BCUT2D eigenvalue weighted by atomic mass is 10.1. The Morgan fingerprint density at radius 1 is 0.600 bits per heavy atom. The van der Waals surface area contributed by atoms with Gasteiger partial charge >= 0.3 is 0 Å². The average Bonchev–Trinajstić information content (AvgIpc) is 2.81. The molecule has 0 amide bonds. The van der Waals surface area contributed by atoms with Gasteiger partial charge in [-0.05, 0) is 79.2 Å². The molecule has 2 heteroatoms. The molecular formula is C28H23NO. The highest BCUT2D eigenvalue weighted by Crippen LogP contribution is 2.12. The van der Waals surface area contributed by atoms with Crippen molar-refractivity contribution in [2.24, 2.45) is 0 Å². The Kier molecular flexibility index (Phi) is 7.74. The fourth-order valence-corrected chi connectivity index (χ4v) is 2.73. The average molecular weight is 389 g/mol. The van der Waals surface area contributed by atoms with Crippen LogP contribution in [-0.2, 0) is 0 Å². The van der Waals surface area contributed by atoms with Crippen molar-refractivity contribution in [3.05, 3.63) is 101 Å². The molecule has 0 N–H and O–H groups in total. The largest absolute Gasteiger partial charge is 0.494 e. The maximum Gasteiger partial charge on any atom is 0.119 e. The third-order valence-electron chi connectivity index (χ3n) is 4.47. The molecular weight excluding hydrogens is 366 g/mol. The van der Waals surface area contributed by atoms with Crippen LogP contribution in [0.15, 0.2) is 72.8 Å². The van der Waals surface area contributed by atoms with Gasteiger partial charge in [-0.1, -0.05) is 43.4 Å². The van der Waals surface area contributed by atoms with E-state index in [1.807, 2.05) is 60.7 Å². The number of nitrogens with zero attached hydrogens (tertiary/aromatic N) is 1. The molecule has 0 aliphatic carbocycles. The van der Waals surface area contributed by atoms with Gasteiger partial charge in [-0.2, -0.15) is 5.26 Å². The lowest BCUT2D eigenvalue weighted by Crippen LogP contribution is -1.96. The summed E-state index contributed by atoms with van der Waals surface area (Å²) >= 11 is 0. The van der Waals surface area contributed by atoms with Gasteiger partial charge in [0, 0.05) is 22.3 Å². The molecule has 0 bridgehead atoms. The summed E-state index contributed by atoms with van der Waals surface area (Å²) in [5.41, 5.74) is 4.35. The van der Waals surface area contributed by atoms with Crippen LogP contribution in [0.5, 0.6) is 5.75 Å². The second-order valence-electron chi connectivity index (χ2n) is 6.85. The maximum atomic E-state index is 8.84. The van der Waals surface area contributed by atoms with E-state index in [0.717, 1.165) is 41.0 Å². The first kappa shape index (κ1) is 20.8. The zero-order valence-corrected chi connectivity index (χ0v) is 17.1. The zero-order chi connectivity index (χ0) is 21.0. The summed E-state index contributed by atoms with van der Waals surface area (Å²) in [6.07, 6.45) is 3.48. The predicted octanol–water partition coefficient (Wildman–Crippen LogP) is 5.93. The summed E-state index contributed by atoms with van der Waals surface area (Å²) in [6.45, 7) is 2.95. The highest BCUT2D eigenvalue weighted by atomic mass is 16.5. The van der Waals surface area contributed by atoms with Crippen LogP contribution < -0.4 is 4.74 Å². The van der Waals surface area contributed by atoms with Crippen LogP contribution in [0.25, 0.3) is 0 Å². The van der Waals surface area contributed by atoms with Crippen molar-refractivity contribution in [3.8, 4) is 35.5 Å². The minimum atomic E-state index is 0.637. The fraction of sp³-hybridized carbons (Fsp3) is 0.179. The van der Waals surface area contributed by atoms with E-state index in [-0.39, 0.29) is 0 Å². The Balaban J connectivity index is 1.58. The van der Waals surface area contributed by atoms with Gasteiger partial charge in [-0.15, -0.1) is 0 Å². The van der Waals surface area contributed by atoms with E-state index in [9.17, 15) is 0 Å². The molecule has 0 saturated carbocycles. The summed E-state index contributed by atoms with van der Waals surface area (Å²) < 4.78 is 5.73. The monoisotopic (exact) mass is 389 g/mol. The van der Waals surface area contributed by atoms with E-state index >= 15 is 0 Å². The predicted molar refractivity (Wildman–Crippen MR) is 121 cm³/mol. The third-order valence-corrected chi connectivity index (χ3v) is 4.47. The molecule has 3 aromatic carbocycles. The number of hydrogen-bond acceptors (Lipinski definition) is 2. The lowest BCUT2D eigenvalue weighted by Gasteiger charge is -2.05. The van der Waals surface area contributed by atoms with Crippen LogP contribution >= 0.6 is 0 Å². The van der Waals surface area contributed by atoms with Crippen molar-refractivity contribution in [2.75, 3.05) is 6.61 Å². The van der Waals surface area contributed by atoms with Crippen LogP contribution in [0.3, 0.4) is 0 Å². The Hall–Kier alpha value is -3.93. The Morgan fingerprint density at radius 2 is 1.00 bits per heavy atom. The molecule has 2 nitrogen and oxygen atoms in total. The molecule has 0 atom stereocenters. The van der Waals surface area contributed by atoms with Crippen LogP contribution in [-0.4, -0.2) is 6.61 Å². The second kappa shape index (κ2) is 11.2. The number of unbranched alkanes of at least 4 members (excludes halogenated alkanes) is 2. The number of rotatable bonds is 5. The number of hydrogen-bond donors (Lipinski definition) is 0. The van der Waals surface area contributed by atoms with Crippen molar-refractivity contribution in [2.45, 2.75) is 26.2 Å². The Morgan fingerprint density at radius 3 is 1.40 bits per heavy atom. The molecule has 0 aromatic heterocycles. The van der Waals surface area contributed by atoms with E-state index in [2.05, 4.69) is 36.7 Å². The van der Waals surface area contributed by atoms with Crippen molar-refractivity contribution in [1.82, 2.24) is 0 Å². The van der Waals surface area contributed by atoms with Gasteiger partial charge in [-0.3, -0.25) is 0 Å². The van der Waals surface area contributed by atoms with Crippen LogP contribution in [0, 0.1) is 35.0 Å². The van der Waals surface area contributed by atoms with Crippen LogP contribution in [0.2, 0.25) is 0 Å². The summed E-state index contributed by atoms with van der Waals surface area (Å²) in [4.78, 5) is 0. The minimum Gasteiger partial charge on any atom is -0.494 e. The lowest BCUT2D eigenvalue weighted by molar-refractivity contribution is 0.306. The minimum absolute atomic E-state index is 0.637. The topological polar surface area (TPSA) is 33.0 Å². The standard InChI is InChI=1S/C28H23NO/c1-2-3-4-21-30-28-19-17-26(18-20-28)12-11-24-7-5-23(6-8-24)9-10-25-13-15-27(22-29)16-14-25/h5-8,13-20H,2-4,21H2,1H3. The molecule has 0 radical (unpaired) electrons. The van der Waals surface area contributed by atoms with Crippen molar-refractivity contribution in [3.63, 3.8) is 0 Å². The van der Waals surface area contributed by atoms with E-state index in [4.69, 9.17) is 10.00 Å². The molecule has 0 aliphatic heterocycles. The summed E-state index contributed by atoms with van der Waals surface area (Å²) in [7, 11) is 0. The molecule has 0 fully saturated rings. The van der Waals surface area contributed by atoms with Crippen molar-refractivity contribution < 1.29 is 4.74 Å². The molecule has 3 aromatic rings. The van der Waals surface area contributed by atoms with E-state index in [0.29, 0.717) is 5.56 Å². The Labute approximate surface area is 179 Å². The van der Waals surface area contributed by atoms with Gasteiger partial charge in [0.2, 0.25) is 0 Å². The first-order chi connectivity index (χ1) is 14.8. The summed E-state index contributed by atoms with van der Waals surface area (Å²) in [6, 6.07) is 25.1. The molecule has 146 valence electrons. The molecule has 0 unspecified atom stereocenters. The summed E-state index contributed by atoms with van der Waals surface area (Å²) in [5.74, 6) is 13.5. The van der Waals surface area contributed by atoms with E-state index in [1.54, 1.807) is 12.1 Å². The number of nitriles is 1. The van der Waals surface area contributed by atoms with Gasteiger partial charge in [0.25, 0.3) is 0 Å². The smallest absolute Gasteiger partial charge is 0.119 e. The molecule has 0 aliphatic rings. The maximum absolute atomic E-state index is 8.84. The SMILES string of the molecule is CCCCCOc1ccc(C#Cc2ccc(C#Cc3ccc(C#N)cc3)cc2)cc1. The van der Waals surface area contributed by atoms with E-state index in [1.165, 1.54) is 12.8 Å². The number of ether oxygens (including phenoxy) is 1. The first-order valence-corrected chi connectivity index (χ1v) is 10.1. The third kappa shape index (κ3) is 6.60. The number of benzene rings is 3. The first-order valence-electron chi connectivity index (χ1n) is 10.1. The van der Waals surface area contributed by atoms with Gasteiger partial charge in [0.15, 0.2) is 0 Å². The molecule has 0 saturated heterocycles. The van der Waals surface area contributed by atoms with Crippen LogP contribution in [0.4, 0.5) is 0 Å². The Bertz CT molecular complexity index is 1110. The second-order valence-corrected chi connectivity index (χ2v) is 6.85. The highest BCUT2D eigenvalue weighted by Gasteiger charge is 1.95. The van der Waals surface area contributed by atoms with Gasteiger partial charge in [0.05, 0.1) is 18.2 Å². The van der Waals surface area contributed by atoms with Crippen LogP contribution in [0.1, 0.15) is 54.0 Å². The summed E-state index contributed by atoms with van der Waals surface area (Å²) in [5, 5.41) is 8.84. The highest BCUT2D eigenvalue weighted by molar-refractivity contribution is 5.49. The molecule has 3 rings (SSSR count). The normalized spacial score (nSPS) is 9.47. The van der Waals surface area contributed by atoms with E-state index < -0.39 is 0 Å². The van der Waals surface area contributed by atoms with Gasteiger partial charge < -0.3 is 4.74 Å². The quantitative estimate of drug-likeness (QED) is 0.400.